The molecule has 112 valence electrons. The molecule has 0 unspecified atom stereocenters. The molecular formula is C14H12FN5OS. The molecule has 0 aliphatic carbocycles. The summed E-state index contributed by atoms with van der Waals surface area (Å²) in [6.07, 6.45) is 2.19. The van der Waals surface area contributed by atoms with Gasteiger partial charge < -0.3 is 0 Å². The van der Waals surface area contributed by atoms with Crippen molar-refractivity contribution in [3.8, 4) is 11.3 Å². The maximum absolute atomic E-state index is 13.0. The van der Waals surface area contributed by atoms with E-state index in [4.69, 9.17) is 0 Å². The van der Waals surface area contributed by atoms with Crippen LogP contribution >= 0.6 is 11.3 Å². The summed E-state index contributed by atoms with van der Waals surface area (Å²) in [5.41, 5.74) is 1.56. The van der Waals surface area contributed by atoms with Crippen LogP contribution in [0.4, 0.5) is 9.52 Å². The van der Waals surface area contributed by atoms with Crippen molar-refractivity contribution in [3.05, 3.63) is 46.9 Å². The van der Waals surface area contributed by atoms with E-state index in [9.17, 15) is 9.18 Å². The number of anilines is 1. The minimum Gasteiger partial charge on any atom is -0.296 e. The van der Waals surface area contributed by atoms with E-state index in [0.717, 1.165) is 11.4 Å². The summed E-state index contributed by atoms with van der Waals surface area (Å²) in [6.45, 7) is 1.97. The smallest absolute Gasteiger partial charge is 0.261 e. The van der Waals surface area contributed by atoms with Crippen LogP contribution in [0.5, 0.6) is 0 Å². The Morgan fingerprint density at radius 2 is 2.09 bits per heavy atom. The molecule has 1 amide bonds. The summed E-state index contributed by atoms with van der Waals surface area (Å²) in [5, 5.41) is 18.5. The SMILES string of the molecule is CCc1nnc(NC(=O)c2cn[nH]c2-c2ccc(F)cc2)s1. The lowest BCUT2D eigenvalue weighted by atomic mass is 10.1. The van der Waals surface area contributed by atoms with E-state index >= 15 is 0 Å². The number of nitrogens with zero attached hydrogens (tertiary/aromatic N) is 3. The number of hydrogen-bond acceptors (Lipinski definition) is 5. The van der Waals surface area contributed by atoms with Crippen LogP contribution in [-0.2, 0) is 6.42 Å². The van der Waals surface area contributed by atoms with Gasteiger partial charge in [0, 0.05) is 5.56 Å². The molecule has 0 spiro atoms. The molecule has 1 aromatic carbocycles. The van der Waals surface area contributed by atoms with Crippen LogP contribution in [0.15, 0.2) is 30.5 Å². The van der Waals surface area contributed by atoms with Crippen molar-refractivity contribution in [2.45, 2.75) is 13.3 Å². The van der Waals surface area contributed by atoms with E-state index in [0.29, 0.717) is 22.0 Å². The van der Waals surface area contributed by atoms with Crippen LogP contribution in [0.1, 0.15) is 22.3 Å². The van der Waals surface area contributed by atoms with E-state index < -0.39 is 0 Å². The predicted octanol–water partition coefficient (Wildman–Crippen LogP) is 2.88. The second-order valence-corrected chi connectivity index (χ2v) is 5.54. The second-order valence-electron chi connectivity index (χ2n) is 4.47. The number of halogens is 1. The Morgan fingerprint density at radius 1 is 1.32 bits per heavy atom. The fourth-order valence-corrected chi connectivity index (χ4v) is 2.58. The Balaban J connectivity index is 1.84. The summed E-state index contributed by atoms with van der Waals surface area (Å²) >= 11 is 1.33. The zero-order chi connectivity index (χ0) is 15.5. The van der Waals surface area contributed by atoms with Gasteiger partial charge in [-0.1, -0.05) is 18.3 Å². The third-order valence-electron chi connectivity index (χ3n) is 3.01. The molecule has 3 rings (SSSR count). The molecule has 0 atom stereocenters. The highest BCUT2D eigenvalue weighted by molar-refractivity contribution is 7.15. The van der Waals surface area contributed by atoms with Gasteiger partial charge in [0.05, 0.1) is 17.5 Å². The summed E-state index contributed by atoms with van der Waals surface area (Å²) in [5.74, 6) is -0.679. The third-order valence-corrected chi connectivity index (χ3v) is 3.99. The average Bonchev–Trinajstić information content (AvgIpc) is 3.16. The molecule has 2 heterocycles. The number of aromatic amines is 1. The van der Waals surface area contributed by atoms with E-state index in [-0.39, 0.29) is 11.7 Å². The molecule has 0 radical (unpaired) electrons. The fourth-order valence-electron chi connectivity index (χ4n) is 1.91. The number of aryl methyl sites for hydroxylation is 1. The van der Waals surface area contributed by atoms with Gasteiger partial charge in [-0.15, -0.1) is 10.2 Å². The van der Waals surface area contributed by atoms with E-state index in [2.05, 4.69) is 25.7 Å². The van der Waals surface area contributed by atoms with Crippen molar-refractivity contribution in [2.75, 3.05) is 5.32 Å². The summed E-state index contributed by atoms with van der Waals surface area (Å²) in [6, 6.07) is 5.83. The number of amides is 1. The number of hydrogen-bond donors (Lipinski definition) is 2. The van der Waals surface area contributed by atoms with Crippen molar-refractivity contribution in [1.29, 1.82) is 0 Å². The molecule has 0 bridgehead atoms. The standard InChI is InChI=1S/C14H12FN5OS/c1-2-11-18-20-14(22-11)17-13(21)10-7-16-19-12(10)8-3-5-9(15)6-4-8/h3-7H,2H2,1H3,(H,16,19)(H,17,20,21). The van der Waals surface area contributed by atoms with Crippen LogP contribution in [0.25, 0.3) is 11.3 Å². The first-order chi connectivity index (χ1) is 10.7. The summed E-state index contributed by atoms with van der Waals surface area (Å²) < 4.78 is 13.0. The van der Waals surface area contributed by atoms with Crippen LogP contribution in [0.2, 0.25) is 0 Å². The molecule has 0 aliphatic rings. The number of carbonyl (C=O) groups excluding carboxylic acids is 1. The van der Waals surface area contributed by atoms with Crippen LogP contribution in [-0.4, -0.2) is 26.3 Å². The third kappa shape index (κ3) is 2.86. The van der Waals surface area contributed by atoms with Crippen molar-refractivity contribution >= 4 is 22.4 Å². The van der Waals surface area contributed by atoms with Crippen LogP contribution in [0, 0.1) is 5.82 Å². The van der Waals surface area contributed by atoms with Gasteiger partial charge in [0.1, 0.15) is 10.8 Å². The minimum atomic E-state index is -0.341. The van der Waals surface area contributed by atoms with Crippen molar-refractivity contribution in [1.82, 2.24) is 20.4 Å². The topological polar surface area (TPSA) is 83.6 Å². The molecule has 2 aromatic heterocycles. The van der Waals surface area contributed by atoms with Gasteiger partial charge in [-0.3, -0.25) is 15.2 Å². The molecular weight excluding hydrogens is 305 g/mol. The lowest BCUT2D eigenvalue weighted by Crippen LogP contribution is -2.12. The summed E-state index contributed by atoms with van der Waals surface area (Å²) in [4.78, 5) is 12.3. The normalized spacial score (nSPS) is 10.6. The van der Waals surface area contributed by atoms with Crippen molar-refractivity contribution in [2.24, 2.45) is 0 Å². The van der Waals surface area contributed by atoms with Gasteiger partial charge in [0.2, 0.25) is 5.13 Å². The number of nitrogens with one attached hydrogen (secondary N) is 2. The number of rotatable bonds is 4. The average molecular weight is 317 g/mol. The first-order valence-electron chi connectivity index (χ1n) is 6.60. The summed E-state index contributed by atoms with van der Waals surface area (Å²) in [7, 11) is 0. The van der Waals surface area contributed by atoms with Gasteiger partial charge in [-0.05, 0) is 30.7 Å². The Bertz CT molecular complexity index is 796. The molecule has 22 heavy (non-hydrogen) atoms. The van der Waals surface area contributed by atoms with Crippen molar-refractivity contribution in [3.63, 3.8) is 0 Å². The van der Waals surface area contributed by atoms with Crippen molar-refractivity contribution < 1.29 is 9.18 Å². The van der Waals surface area contributed by atoms with Crippen LogP contribution < -0.4 is 5.32 Å². The van der Waals surface area contributed by atoms with Gasteiger partial charge in [-0.25, -0.2) is 4.39 Å². The molecule has 8 heteroatoms. The first-order valence-corrected chi connectivity index (χ1v) is 7.42. The predicted molar refractivity (Wildman–Crippen MR) is 81.2 cm³/mol. The molecule has 2 N–H and O–H groups in total. The van der Waals surface area contributed by atoms with Gasteiger partial charge in [0.15, 0.2) is 0 Å². The van der Waals surface area contributed by atoms with Gasteiger partial charge in [0.25, 0.3) is 5.91 Å². The number of benzene rings is 1. The minimum absolute atomic E-state index is 0.338. The van der Waals surface area contributed by atoms with E-state index in [1.807, 2.05) is 6.92 Å². The molecule has 0 saturated carbocycles. The molecule has 0 saturated heterocycles. The van der Waals surface area contributed by atoms with Crippen LogP contribution in [0.3, 0.4) is 0 Å². The first kappa shape index (κ1) is 14.3. The molecule has 0 aliphatic heterocycles. The number of H-pyrrole nitrogens is 1. The Morgan fingerprint density at radius 3 is 2.77 bits per heavy atom. The molecule has 3 aromatic rings. The quantitative estimate of drug-likeness (QED) is 0.775. The largest absolute Gasteiger partial charge is 0.296 e. The fraction of sp³-hybridized carbons (Fsp3) is 0.143. The van der Waals surface area contributed by atoms with E-state index in [1.54, 1.807) is 12.1 Å². The highest BCUT2D eigenvalue weighted by Crippen LogP contribution is 2.23. The van der Waals surface area contributed by atoms with Gasteiger partial charge in [-0.2, -0.15) is 5.10 Å². The monoisotopic (exact) mass is 317 g/mol. The maximum atomic E-state index is 13.0. The zero-order valence-corrected chi connectivity index (χ0v) is 12.4. The maximum Gasteiger partial charge on any atom is 0.261 e. The lowest BCUT2D eigenvalue weighted by Gasteiger charge is -2.03. The van der Waals surface area contributed by atoms with Gasteiger partial charge >= 0.3 is 0 Å². The van der Waals surface area contributed by atoms with E-state index in [1.165, 1.54) is 29.7 Å². The number of carbonyl (C=O) groups is 1. The Kier molecular flexibility index (Phi) is 3.92. The highest BCUT2D eigenvalue weighted by atomic mass is 32.1. The molecule has 6 nitrogen and oxygen atoms in total. The zero-order valence-electron chi connectivity index (χ0n) is 11.6. The highest BCUT2D eigenvalue weighted by Gasteiger charge is 2.17. The molecule has 0 fully saturated rings. The Hall–Kier alpha value is -2.61. The second kappa shape index (κ2) is 6.02. The number of aromatic nitrogens is 4. The lowest BCUT2D eigenvalue weighted by molar-refractivity contribution is 0.102. The Labute approximate surface area is 129 Å².